The number of hydrogen-bond acceptors (Lipinski definition) is 4. The third-order valence-corrected chi connectivity index (χ3v) is 2.24. The second-order valence-electron chi connectivity index (χ2n) is 3.40. The zero-order valence-corrected chi connectivity index (χ0v) is 8.39. The topological polar surface area (TPSA) is 84.3 Å². The molecule has 2 rings (SSSR count). The van der Waals surface area contributed by atoms with Gasteiger partial charge in [-0.05, 0) is 6.08 Å². The van der Waals surface area contributed by atoms with Gasteiger partial charge in [0.2, 0.25) is 5.82 Å². The van der Waals surface area contributed by atoms with Crippen LogP contribution >= 0.6 is 0 Å². The van der Waals surface area contributed by atoms with Crippen molar-refractivity contribution in [2.75, 3.05) is 6.61 Å². The Morgan fingerprint density at radius 2 is 2.18 bits per heavy atom. The minimum absolute atomic E-state index is 0.468. The number of halogens is 2. The number of nitrogens with one attached hydrogen (secondary N) is 1. The molecule has 0 bridgehead atoms. The van der Waals surface area contributed by atoms with Gasteiger partial charge in [-0.2, -0.15) is 4.39 Å². The van der Waals surface area contributed by atoms with E-state index >= 15 is 0 Å². The Bertz CT molecular complexity index is 577. The van der Waals surface area contributed by atoms with Crippen LogP contribution in [0.3, 0.4) is 0 Å². The maximum Gasteiger partial charge on any atom is 0.330 e. The Labute approximate surface area is 92.8 Å². The lowest BCUT2D eigenvalue weighted by Gasteiger charge is -2.14. The van der Waals surface area contributed by atoms with E-state index in [9.17, 15) is 18.4 Å². The highest BCUT2D eigenvalue weighted by molar-refractivity contribution is 5.08. The molecule has 0 fully saturated rings. The van der Waals surface area contributed by atoms with Gasteiger partial charge < -0.3 is 9.84 Å². The molecule has 8 heteroatoms. The molecule has 0 saturated carbocycles. The summed E-state index contributed by atoms with van der Waals surface area (Å²) in [6.07, 6.45) is -0.841. The van der Waals surface area contributed by atoms with Gasteiger partial charge in [-0.25, -0.2) is 9.18 Å². The Kier molecular flexibility index (Phi) is 2.90. The quantitative estimate of drug-likeness (QED) is 0.731. The summed E-state index contributed by atoms with van der Waals surface area (Å²) < 4.78 is 31.9. The lowest BCUT2D eigenvalue weighted by Crippen LogP contribution is -2.34. The van der Waals surface area contributed by atoms with Crippen LogP contribution in [0.2, 0.25) is 0 Å². The van der Waals surface area contributed by atoms with Crippen LogP contribution in [0.1, 0.15) is 6.23 Å². The Morgan fingerprint density at radius 1 is 1.47 bits per heavy atom. The van der Waals surface area contributed by atoms with Crippen LogP contribution in [-0.2, 0) is 4.74 Å². The van der Waals surface area contributed by atoms with Crippen molar-refractivity contribution in [3.05, 3.63) is 44.8 Å². The van der Waals surface area contributed by atoms with Crippen LogP contribution in [0.5, 0.6) is 0 Å². The summed E-state index contributed by atoms with van der Waals surface area (Å²) in [5, 5.41) is 8.76. The van der Waals surface area contributed by atoms with Crippen LogP contribution in [0.15, 0.2) is 27.7 Å². The monoisotopic (exact) mass is 246 g/mol. The van der Waals surface area contributed by atoms with Gasteiger partial charge in [-0.3, -0.25) is 14.3 Å². The first-order valence-electron chi connectivity index (χ1n) is 4.67. The van der Waals surface area contributed by atoms with Crippen LogP contribution in [0.4, 0.5) is 8.78 Å². The lowest BCUT2D eigenvalue weighted by atomic mass is 10.3. The van der Waals surface area contributed by atoms with Crippen molar-refractivity contribution < 1.29 is 18.6 Å². The maximum absolute atomic E-state index is 13.4. The molecule has 1 aliphatic heterocycles. The molecule has 2 atom stereocenters. The molecule has 0 saturated heterocycles. The van der Waals surface area contributed by atoms with Crippen LogP contribution in [-0.4, -0.2) is 27.4 Å². The van der Waals surface area contributed by atoms with Crippen molar-refractivity contribution in [2.45, 2.75) is 12.3 Å². The standard InChI is InChI=1S/C9H8F2N2O4/c10-5-1-4(3-14)17-8(5)13-2-6(11)7(15)12-9(13)16/h1-2,4,8,14H,3H2,(H,12,15,16). The number of hydrogen-bond donors (Lipinski definition) is 2. The SMILES string of the molecule is O=c1[nH]c(=O)n(C2OC(CO)C=C2F)cc1F. The molecule has 0 radical (unpaired) electrons. The van der Waals surface area contributed by atoms with Crippen molar-refractivity contribution >= 4 is 0 Å². The van der Waals surface area contributed by atoms with E-state index in [1.807, 2.05) is 0 Å². The third-order valence-electron chi connectivity index (χ3n) is 2.24. The summed E-state index contributed by atoms with van der Waals surface area (Å²) >= 11 is 0. The number of nitrogens with zero attached hydrogens (tertiary/aromatic N) is 1. The highest BCUT2D eigenvalue weighted by Crippen LogP contribution is 2.28. The number of aliphatic hydroxyl groups excluding tert-OH is 1. The molecule has 92 valence electrons. The van der Waals surface area contributed by atoms with E-state index in [1.165, 1.54) is 0 Å². The first-order valence-corrected chi connectivity index (χ1v) is 4.67. The minimum atomic E-state index is -1.47. The molecular formula is C9H8F2N2O4. The van der Waals surface area contributed by atoms with Crippen molar-refractivity contribution in [1.29, 1.82) is 0 Å². The fraction of sp³-hybridized carbons (Fsp3) is 0.333. The molecule has 1 aromatic rings. The Morgan fingerprint density at radius 3 is 2.76 bits per heavy atom. The molecule has 1 aliphatic rings. The number of aliphatic hydroxyl groups is 1. The number of ether oxygens (including phenoxy) is 1. The normalized spacial score (nSPS) is 23.8. The van der Waals surface area contributed by atoms with Crippen LogP contribution < -0.4 is 11.2 Å². The van der Waals surface area contributed by atoms with Crippen molar-refractivity contribution in [3.8, 4) is 0 Å². The zero-order chi connectivity index (χ0) is 12.6. The van der Waals surface area contributed by atoms with Gasteiger partial charge in [0.15, 0.2) is 6.23 Å². The minimum Gasteiger partial charge on any atom is -0.393 e. The maximum atomic E-state index is 13.4. The largest absolute Gasteiger partial charge is 0.393 e. The van der Waals surface area contributed by atoms with Gasteiger partial charge in [0.25, 0.3) is 5.56 Å². The lowest BCUT2D eigenvalue weighted by molar-refractivity contribution is -0.0219. The summed E-state index contributed by atoms with van der Waals surface area (Å²) in [5.74, 6) is -2.06. The molecule has 0 amide bonds. The van der Waals surface area contributed by atoms with Crippen molar-refractivity contribution in [1.82, 2.24) is 9.55 Å². The van der Waals surface area contributed by atoms with Crippen LogP contribution in [0, 0.1) is 5.82 Å². The van der Waals surface area contributed by atoms with E-state index in [-0.39, 0.29) is 0 Å². The summed E-state index contributed by atoms with van der Waals surface area (Å²) in [6.45, 7) is -0.468. The van der Waals surface area contributed by atoms with E-state index in [0.717, 1.165) is 6.08 Å². The van der Waals surface area contributed by atoms with E-state index in [2.05, 4.69) is 0 Å². The van der Waals surface area contributed by atoms with E-state index < -0.39 is 41.8 Å². The first kappa shape index (κ1) is 11.7. The van der Waals surface area contributed by atoms with Crippen molar-refractivity contribution in [2.24, 2.45) is 0 Å². The molecule has 17 heavy (non-hydrogen) atoms. The van der Waals surface area contributed by atoms with Gasteiger partial charge in [-0.15, -0.1) is 0 Å². The average molecular weight is 246 g/mol. The first-order chi connectivity index (χ1) is 8.02. The van der Waals surface area contributed by atoms with Gasteiger partial charge >= 0.3 is 5.69 Å². The molecule has 0 aromatic carbocycles. The summed E-state index contributed by atoms with van der Waals surface area (Å²) in [6, 6.07) is 0. The van der Waals surface area contributed by atoms with Gasteiger partial charge in [-0.1, -0.05) is 0 Å². The molecule has 2 unspecified atom stereocenters. The highest BCUT2D eigenvalue weighted by Gasteiger charge is 2.29. The number of aromatic nitrogens is 2. The van der Waals surface area contributed by atoms with E-state index in [1.54, 1.807) is 4.98 Å². The summed E-state index contributed by atoms with van der Waals surface area (Å²) in [7, 11) is 0. The van der Waals surface area contributed by atoms with Gasteiger partial charge in [0, 0.05) is 0 Å². The zero-order valence-electron chi connectivity index (χ0n) is 8.39. The fourth-order valence-corrected chi connectivity index (χ4v) is 1.46. The molecule has 2 N–H and O–H groups in total. The molecule has 1 aromatic heterocycles. The summed E-state index contributed by atoms with van der Waals surface area (Å²) in [4.78, 5) is 23.8. The summed E-state index contributed by atoms with van der Waals surface area (Å²) in [5.41, 5.74) is -2.18. The second-order valence-corrected chi connectivity index (χ2v) is 3.40. The van der Waals surface area contributed by atoms with Gasteiger partial charge in [0.05, 0.1) is 12.8 Å². The number of aromatic amines is 1. The molecule has 6 nitrogen and oxygen atoms in total. The molecule has 0 aliphatic carbocycles. The molecular weight excluding hydrogens is 238 g/mol. The predicted octanol–water partition coefficient (Wildman–Crippen LogP) is -0.581. The average Bonchev–Trinajstić information content (AvgIpc) is 2.65. The third kappa shape index (κ3) is 2.04. The van der Waals surface area contributed by atoms with Crippen molar-refractivity contribution in [3.63, 3.8) is 0 Å². The smallest absolute Gasteiger partial charge is 0.330 e. The number of H-pyrrole nitrogens is 1. The highest BCUT2D eigenvalue weighted by atomic mass is 19.1. The predicted molar refractivity (Wildman–Crippen MR) is 51.5 cm³/mol. The van der Waals surface area contributed by atoms with Crippen LogP contribution in [0.25, 0.3) is 0 Å². The Hall–Kier alpha value is -1.80. The van der Waals surface area contributed by atoms with E-state index in [0.29, 0.717) is 10.8 Å². The number of rotatable bonds is 2. The van der Waals surface area contributed by atoms with E-state index in [4.69, 9.17) is 9.84 Å². The molecule has 2 heterocycles. The fourth-order valence-electron chi connectivity index (χ4n) is 1.46. The second kappa shape index (κ2) is 4.22. The molecule has 0 spiro atoms. The Balaban J connectivity index is 2.43. The van der Waals surface area contributed by atoms with Gasteiger partial charge in [0.1, 0.15) is 11.9 Å².